The Morgan fingerprint density at radius 2 is 2.23 bits per heavy atom. The Bertz CT molecular complexity index is 599. The Hall–Kier alpha value is -2.15. The van der Waals surface area contributed by atoms with Crippen LogP contribution < -0.4 is 5.32 Å². The number of hydrogen-bond acceptors (Lipinski definition) is 6. The van der Waals surface area contributed by atoms with E-state index in [1.807, 2.05) is 20.8 Å². The van der Waals surface area contributed by atoms with Gasteiger partial charge in [0, 0.05) is 19.4 Å². The molecule has 120 valence electrons. The number of carbonyl (C=O) groups excluding carboxylic acids is 1. The molecule has 0 saturated carbocycles. The van der Waals surface area contributed by atoms with E-state index in [2.05, 4.69) is 15.5 Å². The standard InChI is InChI=1S/C15H21N3O4/c1-15(2,3)11(19)9-16-12(20)6-7-13-17-14(18-22-13)10-5-4-8-21-10/h4-5,8,11,19H,6-7,9H2,1-3H3,(H,16,20). The van der Waals surface area contributed by atoms with Crippen molar-refractivity contribution >= 4 is 5.91 Å². The Labute approximate surface area is 128 Å². The monoisotopic (exact) mass is 307 g/mol. The van der Waals surface area contributed by atoms with Gasteiger partial charge in [0.25, 0.3) is 0 Å². The first kappa shape index (κ1) is 16.2. The number of amides is 1. The van der Waals surface area contributed by atoms with Crippen LogP contribution >= 0.6 is 0 Å². The molecule has 22 heavy (non-hydrogen) atoms. The SMILES string of the molecule is CC(C)(C)C(O)CNC(=O)CCc1nc(-c2ccco2)no1. The van der Waals surface area contributed by atoms with Crippen LogP contribution in [-0.2, 0) is 11.2 Å². The summed E-state index contributed by atoms with van der Waals surface area (Å²) in [5.41, 5.74) is -0.266. The van der Waals surface area contributed by atoms with Crippen LogP contribution in [0.4, 0.5) is 0 Å². The van der Waals surface area contributed by atoms with Gasteiger partial charge in [0.15, 0.2) is 5.76 Å². The quantitative estimate of drug-likeness (QED) is 0.843. The molecule has 0 radical (unpaired) electrons. The highest BCUT2D eigenvalue weighted by Gasteiger charge is 2.22. The zero-order chi connectivity index (χ0) is 16.2. The van der Waals surface area contributed by atoms with E-state index in [1.165, 1.54) is 6.26 Å². The van der Waals surface area contributed by atoms with E-state index < -0.39 is 6.10 Å². The van der Waals surface area contributed by atoms with E-state index in [0.717, 1.165) is 0 Å². The lowest BCUT2D eigenvalue weighted by molar-refractivity contribution is -0.121. The summed E-state index contributed by atoms with van der Waals surface area (Å²) in [6.07, 6.45) is 1.49. The molecule has 7 nitrogen and oxygen atoms in total. The van der Waals surface area contributed by atoms with Crippen molar-refractivity contribution in [3.05, 3.63) is 24.3 Å². The van der Waals surface area contributed by atoms with Crippen LogP contribution in [-0.4, -0.2) is 33.8 Å². The highest BCUT2D eigenvalue weighted by Crippen LogP contribution is 2.18. The van der Waals surface area contributed by atoms with Gasteiger partial charge in [-0.15, -0.1) is 0 Å². The normalized spacial score (nSPS) is 13.1. The van der Waals surface area contributed by atoms with Crippen LogP contribution in [0, 0.1) is 5.41 Å². The molecule has 0 aliphatic rings. The number of aliphatic hydroxyl groups is 1. The van der Waals surface area contributed by atoms with Gasteiger partial charge in [-0.2, -0.15) is 4.98 Å². The number of carbonyl (C=O) groups is 1. The molecule has 2 heterocycles. The second-order valence-electron chi connectivity index (χ2n) is 6.17. The van der Waals surface area contributed by atoms with Gasteiger partial charge in [0.1, 0.15) is 0 Å². The van der Waals surface area contributed by atoms with E-state index in [-0.39, 0.29) is 24.3 Å². The fourth-order valence-electron chi connectivity index (χ4n) is 1.69. The van der Waals surface area contributed by atoms with Gasteiger partial charge < -0.3 is 19.4 Å². The molecule has 2 aromatic heterocycles. The third-order valence-electron chi connectivity index (χ3n) is 3.27. The highest BCUT2D eigenvalue weighted by molar-refractivity contribution is 5.76. The van der Waals surface area contributed by atoms with E-state index in [1.54, 1.807) is 12.1 Å². The van der Waals surface area contributed by atoms with E-state index in [9.17, 15) is 9.90 Å². The van der Waals surface area contributed by atoms with Crippen molar-refractivity contribution in [3.63, 3.8) is 0 Å². The number of aryl methyl sites for hydroxylation is 1. The van der Waals surface area contributed by atoms with Gasteiger partial charge in [-0.3, -0.25) is 4.79 Å². The molecule has 0 aliphatic carbocycles. The van der Waals surface area contributed by atoms with Crippen LogP contribution in [0.1, 0.15) is 33.1 Å². The number of aromatic nitrogens is 2. The van der Waals surface area contributed by atoms with Crippen LogP contribution in [0.25, 0.3) is 11.6 Å². The molecule has 0 fully saturated rings. The molecule has 1 amide bonds. The van der Waals surface area contributed by atoms with Crippen LogP contribution in [0.15, 0.2) is 27.3 Å². The number of aliphatic hydroxyl groups excluding tert-OH is 1. The molecule has 2 N–H and O–H groups in total. The first-order chi connectivity index (χ1) is 10.4. The number of rotatable bonds is 6. The molecule has 1 atom stereocenters. The fourth-order valence-corrected chi connectivity index (χ4v) is 1.69. The second-order valence-corrected chi connectivity index (χ2v) is 6.17. The predicted octanol–water partition coefficient (Wildman–Crippen LogP) is 1.79. The van der Waals surface area contributed by atoms with Gasteiger partial charge >= 0.3 is 0 Å². The zero-order valence-electron chi connectivity index (χ0n) is 13.0. The van der Waals surface area contributed by atoms with Gasteiger partial charge in [-0.25, -0.2) is 0 Å². The third-order valence-corrected chi connectivity index (χ3v) is 3.27. The summed E-state index contributed by atoms with van der Waals surface area (Å²) in [5.74, 6) is 1.09. The fraction of sp³-hybridized carbons (Fsp3) is 0.533. The molecule has 0 spiro atoms. The van der Waals surface area contributed by atoms with Crippen molar-refractivity contribution in [3.8, 4) is 11.6 Å². The topological polar surface area (TPSA) is 101 Å². The third kappa shape index (κ3) is 4.42. The Kier molecular flexibility index (Phi) is 4.97. The smallest absolute Gasteiger partial charge is 0.238 e. The summed E-state index contributed by atoms with van der Waals surface area (Å²) in [7, 11) is 0. The summed E-state index contributed by atoms with van der Waals surface area (Å²) in [4.78, 5) is 15.9. The lowest BCUT2D eigenvalue weighted by Crippen LogP contribution is -2.39. The minimum atomic E-state index is -0.592. The molecule has 7 heteroatoms. The maximum Gasteiger partial charge on any atom is 0.238 e. The molecule has 0 bridgehead atoms. The molecule has 2 aromatic rings. The molecule has 0 aromatic carbocycles. The molecule has 0 saturated heterocycles. The number of hydrogen-bond donors (Lipinski definition) is 2. The van der Waals surface area contributed by atoms with Crippen molar-refractivity contribution in [2.45, 2.75) is 39.7 Å². The first-order valence-corrected chi connectivity index (χ1v) is 7.17. The maximum absolute atomic E-state index is 11.8. The summed E-state index contributed by atoms with van der Waals surface area (Å²) in [6.45, 7) is 5.97. The largest absolute Gasteiger partial charge is 0.461 e. The average Bonchev–Trinajstić information content (AvgIpc) is 3.11. The Balaban J connectivity index is 1.77. The number of nitrogens with zero attached hydrogens (tertiary/aromatic N) is 2. The molecule has 2 rings (SSSR count). The molecular weight excluding hydrogens is 286 g/mol. The summed E-state index contributed by atoms with van der Waals surface area (Å²) >= 11 is 0. The van der Waals surface area contributed by atoms with Crippen molar-refractivity contribution < 1.29 is 18.8 Å². The summed E-state index contributed by atoms with van der Waals surface area (Å²) < 4.78 is 10.2. The van der Waals surface area contributed by atoms with E-state index >= 15 is 0 Å². The van der Waals surface area contributed by atoms with E-state index in [4.69, 9.17) is 8.94 Å². The van der Waals surface area contributed by atoms with Gasteiger partial charge in [0.2, 0.25) is 17.6 Å². The van der Waals surface area contributed by atoms with Crippen LogP contribution in [0.5, 0.6) is 0 Å². The Morgan fingerprint density at radius 3 is 2.86 bits per heavy atom. The number of nitrogens with one attached hydrogen (secondary N) is 1. The lowest BCUT2D eigenvalue weighted by atomic mass is 9.89. The lowest BCUT2D eigenvalue weighted by Gasteiger charge is -2.25. The second kappa shape index (κ2) is 6.74. The zero-order valence-corrected chi connectivity index (χ0v) is 13.0. The van der Waals surface area contributed by atoms with Crippen LogP contribution in [0.3, 0.4) is 0 Å². The predicted molar refractivity (Wildman–Crippen MR) is 78.8 cm³/mol. The van der Waals surface area contributed by atoms with Crippen molar-refractivity contribution in [1.82, 2.24) is 15.5 Å². The average molecular weight is 307 g/mol. The van der Waals surface area contributed by atoms with Gasteiger partial charge in [0.05, 0.1) is 12.4 Å². The molecule has 0 aliphatic heterocycles. The molecular formula is C15H21N3O4. The summed E-state index contributed by atoms with van der Waals surface area (Å²) in [5, 5.41) is 16.4. The minimum absolute atomic E-state index is 0.166. The van der Waals surface area contributed by atoms with Gasteiger partial charge in [-0.05, 0) is 17.5 Å². The minimum Gasteiger partial charge on any atom is -0.461 e. The van der Waals surface area contributed by atoms with Crippen molar-refractivity contribution in [1.29, 1.82) is 0 Å². The van der Waals surface area contributed by atoms with Crippen molar-refractivity contribution in [2.24, 2.45) is 5.41 Å². The van der Waals surface area contributed by atoms with Crippen LogP contribution in [0.2, 0.25) is 0 Å². The van der Waals surface area contributed by atoms with E-state index in [0.29, 0.717) is 23.9 Å². The Morgan fingerprint density at radius 1 is 1.45 bits per heavy atom. The maximum atomic E-state index is 11.8. The highest BCUT2D eigenvalue weighted by atomic mass is 16.5. The molecule has 1 unspecified atom stereocenters. The number of furan rings is 1. The van der Waals surface area contributed by atoms with Gasteiger partial charge in [-0.1, -0.05) is 25.9 Å². The first-order valence-electron chi connectivity index (χ1n) is 7.17. The van der Waals surface area contributed by atoms with Crippen molar-refractivity contribution in [2.75, 3.05) is 6.54 Å². The summed E-state index contributed by atoms with van der Waals surface area (Å²) in [6, 6.07) is 3.47.